The molecule has 0 aliphatic heterocycles. The number of methoxy groups -OCH3 is 1. The van der Waals surface area contributed by atoms with E-state index >= 15 is 0 Å². The fourth-order valence-electron chi connectivity index (χ4n) is 1.49. The number of carbonyl (C=O) groups is 2. The number of nitrogens with zero attached hydrogens (tertiary/aromatic N) is 2. The van der Waals surface area contributed by atoms with Crippen LogP contribution in [0.3, 0.4) is 0 Å². The number of anilines is 1. The van der Waals surface area contributed by atoms with Crippen LogP contribution in [0.2, 0.25) is 0 Å². The van der Waals surface area contributed by atoms with Gasteiger partial charge in [0.05, 0.1) is 12.8 Å². The molecule has 21 heavy (non-hydrogen) atoms. The number of amides is 1. The number of hydrogen-bond acceptors (Lipinski definition) is 7. The van der Waals surface area contributed by atoms with E-state index in [4.69, 9.17) is 9.47 Å². The molecule has 0 aliphatic rings. The molecule has 0 radical (unpaired) electrons. The molecule has 0 fully saturated rings. The van der Waals surface area contributed by atoms with Crippen molar-refractivity contribution in [3.05, 3.63) is 34.8 Å². The number of esters is 1. The van der Waals surface area contributed by atoms with Gasteiger partial charge in [0, 0.05) is 5.69 Å². The minimum absolute atomic E-state index is 0.298. The Hall–Kier alpha value is -2.48. The minimum atomic E-state index is -0.604. The van der Waals surface area contributed by atoms with Crippen molar-refractivity contribution in [2.75, 3.05) is 19.0 Å². The molecular weight excluding hydrogens is 294 g/mol. The van der Waals surface area contributed by atoms with Gasteiger partial charge in [0.15, 0.2) is 11.5 Å². The minimum Gasteiger partial charge on any atom is -0.497 e. The Morgan fingerprint density at radius 3 is 2.57 bits per heavy atom. The Morgan fingerprint density at radius 2 is 2.00 bits per heavy atom. The van der Waals surface area contributed by atoms with E-state index in [1.165, 1.54) is 0 Å². The molecule has 0 atom stereocenters. The Morgan fingerprint density at radius 1 is 1.29 bits per heavy atom. The summed E-state index contributed by atoms with van der Waals surface area (Å²) in [5.74, 6) is -0.344. The number of hydrogen-bond donors (Lipinski definition) is 1. The van der Waals surface area contributed by atoms with Gasteiger partial charge < -0.3 is 14.8 Å². The number of carbonyl (C=O) groups excluding carboxylic acids is 2. The summed E-state index contributed by atoms with van der Waals surface area (Å²) in [5.41, 5.74) is 1.08. The van der Waals surface area contributed by atoms with Gasteiger partial charge in [-0.05, 0) is 42.7 Å². The molecule has 0 spiro atoms. The maximum atomic E-state index is 11.7. The van der Waals surface area contributed by atoms with Crippen LogP contribution in [0.15, 0.2) is 24.3 Å². The van der Waals surface area contributed by atoms with E-state index in [-0.39, 0.29) is 6.61 Å². The highest BCUT2D eigenvalue weighted by Gasteiger charge is 2.16. The maximum Gasteiger partial charge on any atom is 0.352 e. The molecule has 0 bridgehead atoms. The zero-order valence-electron chi connectivity index (χ0n) is 11.5. The summed E-state index contributed by atoms with van der Waals surface area (Å²) in [6.45, 7) is 1.28. The van der Waals surface area contributed by atoms with Crippen LogP contribution in [0, 0.1) is 6.92 Å². The summed E-state index contributed by atoms with van der Waals surface area (Å²) >= 11 is 0.936. The summed E-state index contributed by atoms with van der Waals surface area (Å²) in [6, 6.07) is 6.81. The molecule has 2 aromatic rings. The second-order valence-corrected chi connectivity index (χ2v) is 4.79. The second kappa shape index (κ2) is 6.80. The van der Waals surface area contributed by atoms with E-state index in [9.17, 15) is 9.59 Å². The number of nitrogens with one attached hydrogen (secondary N) is 1. The molecule has 110 valence electrons. The summed E-state index contributed by atoms with van der Waals surface area (Å²) in [7, 11) is 1.56. The average Bonchev–Trinajstić information content (AvgIpc) is 2.92. The molecule has 0 aliphatic carbocycles. The summed E-state index contributed by atoms with van der Waals surface area (Å²) < 4.78 is 13.5. The van der Waals surface area contributed by atoms with Crippen LogP contribution >= 0.6 is 11.5 Å². The van der Waals surface area contributed by atoms with Gasteiger partial charge in [0.25, 0.3) is 5.91 Å². The van der Waals surface area contributed by atoms with Crippen molar-refractivity contribution in [3.63, 3.8) is 0 Å². The third kappa shape index (κ3) is 3.99. The van der Waals surface area contributed by atoms with Gasteiger partial charge in [-0.1, -0.05) is 4.49 Å². The lowest BCUT2D eigenvalue weighted by Gasteiger charge is -2.06. The molecule has 0 saturated carbocycles. The van der Waals surface area contributed by atoms with E-state index in [0.29, 0.717) is 22.0 Å². The number of ether oxygens (including phenoxy) is 2. The third-order valence-electron chi connectivity index (χ3n) is 2.55. The monoisotopic (exact) mass is 307 g/mol. The molecule has 1 amide bonds. The lowest BCUT2D eigenvalue weighted by molar-refractivity contribution is -0.119. The zero-order chi connectivity index (χ0) is 15.2. The number of benzene rings is 1. The molecule has 2 rings (SSSR count). The summed E-state index contributed by atoms with van der Waals surface area (Å²) in [6.07, 6.45) is 0. The van der Waals surface area contributed by atoms with Crippen molar-refractivity contribution in [2.45, 2.75) is 6.92 Å². The largest absolute Gasteiger partial charge is 0.497 e. The van der Waals surface area contributed by atoms with Crippen LogP contribution in [0.25, 0.3) is 0 Å². The van der Waals surface area contributed by atoms with Gasteiger partial charge >= 0.3 is 5.97 Å². The number of rotatable bonds is 5. The molecule has 1 heterocycles. The van der Waals surface area contributed by atoms with Gasteiger partial charge in [0.2, 0.25) is 0 Å². The Balaban J connectivity index is 1.84. The van der Waals surface area contributed by atoms with Gasteiger partial charge in [-0.25, -0.2) is 4.79 Å². The Bertz CT molecular complexity index is 639. The number of aromatic nitrogens is 2. The van der Waals surface area contributed by atoms with Crippen LogP contribution in [0.5, 0.6) is 5.75 Å². The lowest BCUT2D eigenvalue weighted by Crippen LogP contribution is -2.20. The van der Waals surface area contributed by atoms with Crippen LogP contribution in [-0.2, 0) is 9.53 Å². The van der Waals surface area contributed by atoms with E-state index in [1.54, 1.807) is 38.3 Å². The topological polar surface area (TPSA) is 90.4 Å². The average molecular weight is 307 g/mol. The van der Waals surface area contributed by atoms with Crippen LogP contribution < -0.4 is 10.1 Å². The van der Waals surface area contributed by atoms with Gasteiger partial charge in [-0.2, -0.15) is 0 Å². The first-order chi connectivity index (χ1) is 10.1. The van der Waals surface area contributed by atoms with Gasteiger partial charge in [-0.15, -0.1) is 5.10 Å². The predicted molar refractivity (Wildman–Crippen MR) is 76.6 cm³/mol. The van der Waals surface area contributed by atoms with Crippen molar-refractivity contribution in [1.82, 2.24) is 9.59 Å². The van der Waals surface area contributed by atoms with E-state index in [0.717, 1.165) is 11.5 Å². The smallest absolute Gasteiger partial charge is 0.352 e. The third-order valence-corrected chi connectivity index (χ3v) is 3.35. The first kappa shape index (κ1) is 14.9. The van der Waals surface area contributed by atoms with E-state index in [1.807, 2.05) is 0 Å². The standard InChI is InChI=1S/C13H13N3O4S/c1-8-12(21-16-15-8)13(18)20-7-11(17)14-9-3-5-10(19-2)6-4-9/h3-6H,7H2,1-2H3,(H,14,17). The normalized spacial score (nSPS) is 10.0. The fourth-order valence-corrected chi connectivity index (χ4v) is 2.04. The van der Waals surface area contributed by atoms with Crippen LogP contribution in [-0.4, -0.2) is 35.2 Å². The van der Waals surface area contributed by atoms with Crippen molar-refractivity contribution >= 4 is 29.1 Å². The predicted octanol–water partition coefficient (Wildman–Crippen LogP) is 1.65. The molecule has 0 saturated heterocycles. The highest BCUT2D eigenvalue weighted by molar-refractivity contribution is 7.07. The molecule has 1 aromatic heterocycles. The highest BCUT2D eigenvalue weighted by atomic mass is 32.1. The Labute approximate surface area is 125 Å². The summed E-state index contributed by atoms with van der Waals surface area (Å²) in [4.78, 5) is 23.7. The Kier molecular flexibility index (Phi) is 4.83. The van der Waals surface area contributed by atoms with Crippen molar-refractivity contribution in [1.29, 1.82) is 0 Å². The first-order valence-corrected chi connectivity index (χ1v) is 6.77. The van der Waals surface area contributed by atoms with E-state index in [2.05, 4.69) is 14.9 Å². The van der Waals surface area contributed by atoms with Crippen LogP contribution in [0.4, 0.5) is 5.69 Å². The highest BCUT2D eigenvalue weighted by Crippen LogP contribution is 2.15. The van der Waals surface area contributed by atoms with E-state index < -0.39 is 11.9 Å². The van der Waals surface area contributed by atoms with Gasteiger partial charge in [-0.3, -0.25) is 4.79 Å². The SMILES string of the molecule is COc1ccc(NC(=O)COC(=O)c2snnc2C)cc1. The zero-order valence-corrected chi connectivity index (χ0v) is 12.3. The molecule has 7 nitrogen and oxygen atoms in total. The van der Waals surface area contributed by atoms with Crippen molar-refractivity contribution in [2.24, 2.45) is 0 Å². The lowest BCUT2D eigenvalue weighted by atomic mass is 10.3. The molecule has 0 unspecified atom stereocenters. The molecule has 8 heteroatoms. The molecule has 1 aromatic carbocycles. The second-order valence-electron chi connectivity index (χ2n) is 4.04. The fraction of sp³-hybridized carbons (Fsp3) is 0.231. The van der Waals surface area contributed by atoms with Crippen molar-refractivity contribution < 1.29 is 19.1 Å². The van der Waals surface area contributed by atoms with Gasteiger partial charge in [0.1, 0.15) is 5.75 Å². The maximum absolute atomic E-state index is 11.7. The molecule has 1 N–H and O–H groups in total. The summed E-state index contributed by atoms with van der Waals surface area (Å²) in [5, 5.41) is 6.31. The molecular formula is C13H13N3O4S. The first-order valence-electron chi connectivity index (χ1n) is 6.00. The quantitative estimate of drug-likeness (QED) is 0.845. The van der Waals surface area contributed by atoms with Crippen LogP contribution in [0.1, 0.15) is 15.4 Å². The number of aryl methyl sites for hydroxylation is 1. The van der Waals surface area contributed by atoms with Crippen molar-refractivity contribution in [3.8, 4) is 5.75 Å².